The molecule has 0 aliphatic rings. The summed E-state index contributed by atoms with van der Waals surface area (Å²) in [5.41, 5.74) is 0.612. The molecule has 0 saturated heterocycles. The zero-order valence-electron chi connectivity index (χ0n) is 9.95. The fraction of sp³-hybridized carbons (Fsp3) is 0.364. The van der Waals surface area contributed by atoms with Crippen LogP contribution in [0.1, 0.15) is 16.8 Å². The van der Waals surface area contributed by atoms with Gasteiger partial charge in [-0.05, 0) is 18.3 Å². The third kappa shape index (κ3) is 3.83. The summed E-state index contributed by atoms with van der Waals surface area (Å²) in [7, 11) is 5.67. The van der Waals surface area contributed by atoms with Crippen molar-refractivity contribution in [2.75, 3.05) is 20.4 Å². The van der Waals surface area contributed by atoms with E-state index in [-0.39, 0.29) is 24.6 Å². The summed E-state index contributed by atoms with van der Waals surface area (Å²) in [5.74, 6) is 1.34. The van der Waals surface area contributed by atoms with E-state index in [1.165, 1.54) is 0 Å². The van der Waals surface area contributed by atoms with E-state index in [2.05, 4.69) is 9.24 Å². The molecule has 0 aromatic heterocycles. The van der Waals surface area contributed by atoms with Crippen LogP contribution in [0.15, 0.2) is 18.2 Å². The van der Waals surface area contributed by atoms with Crippen molar-refractivity contribution in [3.05, 3.63) is 23.8 Å². The number of hydrogen-bond acceptors (Lipinski definition) is 3. The SMILES string of the molecule is COc1ccc(C(=O)CCP)c(OC)c1.[Li]. The largest absolute Gasteiger partial charge is 0.497 e. The molecule has 1 aromatic carbocycles. The third-order valence-electron chi connectivity index (χ3n) is 2.08. The Bertz CT molecular complexity index is 355. The molecule has 16 heavy (non-hydrogen) atoms. The average molecular weight is 233 g/mol. The smallest absolute Gasteiger partial charge is 0.166 e. The number of carbonyl (C=O) groups is 1. The van der Waals surface area contributed by atoms with E-state index in [1.54, 1.807) is 32.4 Å². The molecule has 0 N–H and O–H groups in total. The predicted molar refractivity (Wildman–Crippen MR) is 68.8 cm³/mol. The summed E-state index contributed by atoms with van der Waals surface area (Å²) in [5, 5.41) is 0. The summed E-state index contributed by atoms with van der Waals surface area (Å²) < 4.78 is 10.2. The summed E-state index contributed by atoms with van der Waals surface area (Å²) in [6, 6.07) is 5.22. The Morgan fingerprint density at radius 3 is 2.50 bits per heavy atom. The number of benzene rings is 1. The van der Waals surface area contributed by atoms with Crippen LogP contribution in [0.4, 0.5) is 0 Å². The van der Waals surface area contributed by atoms with Crippen molar-refractivity contribution in [1.29, 1.82) is 0 Å². The fourth-order valence-corrected chi connectivity index (χ4v) is 1.56. The molecule has 3 nitrogen and oxygen atoms in total. The maximum Gasteiger partial charge on any atom is 0.166 e. The van der Waals surface area contributed by atoms with Gasteiger partial charge < -0.3 is 9.47 Å². The molecule has 1 unspecified atom stereocenters. The fourth-order valence-electron chi connectivity index (χ4n) is 1.29. The van der Waals surface area contributed by atoms with Gasteiger partial charge in [0.05, 0.1) is 19.8 Å². The van der Waals surface area contributed by atoms with E-state index in [1.807, 2.05) is 0 Å². The Morgan fingerprint density at radius 2 is 2.00 bits per heavy atom. The summed E-state index contributed by atoms with van der Waals surface area (Å²) in [4.78, 5) is 11.7. The maximum atomic E-state index is 11.7. The van der Waals surface area contributed by atoms with Gasteiger partial charge in [-0.1, -0.05) is 0 Å². The summed E-state index contributed by atoms with van der Waals surface area (Å²) in [6.07, 6.45) is 1.27. The molecule has 1 atom stereocenters. The van der Waals surface area contributed by atoms with Crippen LogP contribution in [0.3, 0.4) is 0 Å². The van der Waals surface area contributed by atoms with Crippen LogP contribution >= 0.6 is 9.24 Å². The van der Waals surface area contributed by atoms with E-state index in [0.29, 0.717) is 23.5 Å². The first-order valence-electron chi connectivity index (χ1n) is 4.68. The zero-order chi connectivity index (χ0) is 11.3. The summed E-state index contributed by atoms with van der Waals surface area (Å²) in [6.45, 7) is 0. The van der Waals surface area contributed by atoms with Gasteiger partial charge in [0.2, 0.25) is 0 Å². The molecule has 1 rings (SSSR count). The van der Waals surface area contributed by atoms with Crippen molar-refractivity contribution in [3.8, 4) is 11.5 Å². The minimum Gasteiger partial charge on any atom is -0.497 e. The Morgan fingerprint density at radius 1 is 1.31 bits per heavy atom. The molecular weight excluding hydrogens is 218 g/mol. The molecule has 0 aliphatic carbocycles. The predicted octanol–water partition coefficient (Wildman–Crippen LogP) is 1.77. The maximum absolute atomic E-state index is 11.7. The van der Waals surface area contributed by atoms with Gasteiger partial charge in [0.25, 0.3) is 0 Å². The van der Waals surface area contributed by atoms with Crippen molar-refractivity contribution < 1.29 is 14.3 Å². The normalized spacial score (nSPS) is 9.19. The van der Waals surface area contributed by atoms with Crippen molar-refractivity contribution in [1.82, 2.24) is 0 Å². The van der Waals surface area contributed by atoms with E-state index in [9.17, 15) is 4.79 Å². The molecule has 0 fully saturated rings. The molecule has 83 valence electrons. The quantitative estimate of drug-likeness (QED) is 0.441. The average Bonchev–Trinajstić information content (AvgIpc) is 2.28. The number of ketones is 1. The van der Waals surface area contributed by atoms with Crippen molar-refractivity contribution in [3.63, 3.8) is 0 Å². The first kappa shape index (κ1) is 15.5. The molecule has 0 amide bonds. The molecular formula is C11H15LiO3P. The topological polar surface area (TPSA) is 35.5 Å². The zero-order valence-corrected chi connectivity index (χ0v) is 11.1. The third-order valence-corrected chi connectivity index (χ3v) is 2.37. The first-order chi connectivity index (χ1) is 7.22. The molecule has 0 bridgehead atoms. The van der Waals surface area contributed by atoms with E-state index < -0.39 is 0 Å². The second kappa shape index (κ2) is 7.74. The molecule has 0 saturated carbocycles. The Kier molecular flexibility index (Phi) is 7.50. The van der Waals surface area contributed by atoms with Gasteiger partial charge in [-0.2, -0.15) is 0 Å². The molecule has 0 heterocycles. The standard InChI is InChI=1S/C11H15O3P.Li/c1-13-8-3-4-9(10(12)5-6-15)11(7-8)14-2;/h3-4,7H,5-6,15H2,1-2H3;. The van der Waals surface area contributed by atoms with Gasteiger partial charge in [0.15, 0.2) is 5.78 Å². The van der Waals surface area contributed by atoms with Crippen LogP contribution in [0, 0.1) is 0 Å². The molecule has 0 aliphatic heterocycles. The van der Waals surface area contributed by atoms with E-state index in [0.717, 1.165) is 6.16 Å². The first-order valence-corrected chi connectivity index (χ1v) is 5.50. The minimum atomic E-state index is 0. The van der Waals surface area contributed by atoms with Gasteiger partial charge in [-0.15, -0.1) is 9.24 Å². The number of methoxy groups -OCH3 is 2. The van der Waals surface area contributed by atoms with Crippen molar-refractivity contribution in [2.24, 2.45) is 0 Å². The molecule has 1 aromatic rings. The van der Waals surface area contributed by atoms with Gasteiger partial charge in [-0.3, -0.25) is 4.79 Å². The van der Waals surface area contributed by atoms with Crippen LogP contribution in [-0.4, -0.2) is 45.0 Å². The van der Waals surface area contributed by atoms with Crippen LogP contribution in [0.5, 0.6) is 11.5 Å². The minimum absolute atomic E-state index is 0. The van der Waals surface area contributed by atoms with Crippen LogP contribution in [0.25, 0.3) is 0 Å². The van der Waals surface area contributed by atoms with Gasteiger partial charge >= 0.3 is 0 Å². The second-order valence-corrected chi connectivity index (χ2v) is 3.61. The van der Waals surface area contributed by atoms with Gasteiger partial charge in [-0.25, -0.2) is 0 Å². The molecule has 1 radical (unpaired) electrons. The number of ether oxygens (including phenoxy) is 2. The molecule has 5 heteroatoms. The number of Topliss-reactive ketones (excluding diaryl/α,β-unsaturated/α-hetero) is 1. The van der Waals surface area contributed by atoms with E-state index in [4.69, 9.17) is 9.47 Å². The second-order valence-electron chi connectivity index (χ2n) is 3.03. The van der Waals surface area contributed by atoms with Crippen molar-refractivity contribution >= 4 is 33.9 Å². The number of carbonyl (C=O) groups excluding carboxylic acids is 1. The Labute approximate surface area is 110 Å². The molecule has 0 spiro atoms. The Hall–Kier alpha value is -0.483. The van der Waals surface area contributed by atoms with Crippen molar-refractivity contribution in [2.45, 2.75) is 6.42 Å². The van der Waals surface area contributed by atoms with Gasteiger partial charge in [0.1, 0.15) is 11.5 Å². The number of rotatable bonds is 5. The Balaban J connectivity index is 0.00000225. The van der Waals surface area contributed by atoms with Crippen LogP contribution in [-0.2, 0) is 0 Å². The van der Waals surface area contributed by atoms with Gasteiger partial charge in [0, 0.05) is 31.3 Å². The van der Waals surface area contributed by atoms with Crippen LogP contribution < -0.4 is 9.47 Å². The van der Waals surface area contributed by atoms with Crippen LogP contribution in [0.2, 0.25) is 0 Å². The monoisotopic (exact) mass is 233 g/mol. The van der Waals surface area contributed by atoms with E-state index >= 15 is 0 Å². The number of hydrogen-bond donors (Lipinski definition) is 0. The summed E-state index contributed by atoms with van der Waals surface area (Å²) >= 11 is 0.